The van der Waals surface area contributed by atoms with E-state index in [2.05, 4.69) is 30.6 Å². The minimum Gasteiger partial charge on any atom is -0.495 e. The summed E-state index contributed by atoms with van der Waals surface area (Å²) in [7, 11) is -5.10. The first-order valence-corrected chi connectivity index (χ1v) is 29.7. The van der Waals surface area contributed by atoms with Crippen LogP contribution in [0.4, 0.5) is 26.3 Å². The Hall–Kier alpha value is -8.10. The number of rotatable bonds is 14. The second-order valence-electron chi connectivity index (χ2n) is 20.9. The summed E-state index contributed by atoms with van der Waals surface area (Å²) in [4.78, 5) is 45.0. The molecule has 30 heteroatoms. The van der Waals surface area contributed by atoms with Gasteiger partial charge in [0.05, 0.1) is 72.0 Å². The maximum absolute atomic E-state index is 12.4. The largest absolute Gasteiger partial charge is 0.495 e. The van der Waals surface area contributed by atoms with E-state index in [1.165, 1.54) is 24.3 Å². The molecule has 2 amide bonds. The number of fused-ring (bicyclic) bond motifs is 2. The first-order chi connectivity index (χ1) is 41.3. The normalized spacial score (nSPS) is 16.2. The first-order valence-electron chi connectivity index (χ1n) is 26.8. The van der Waals surface area contributed by atoms with E-state index in [1.807, 2.05) is 84.5 Å². The predicted octanol–water partition coefficient (Wildman–Crippen LogP) is 8.04. The van der Waals surface area contributed by atoms with Crippen LogP contribution in [0.25, 0.3) is 44.2 Å². The van der Waals surface area contributed by atoms with Gasteiger partial charge in [0.2, 0.25) is 23.6 Å². The number of carbonyl (C=O) groups is 2. The number of amides is 2. The summed E-state index contributed by atoms with van der Waals surface area (Å²) in [5.41, 5.74) is 0.0342. The number of alkyl halides is 6. The van der Waals surface area contributed by atoms with Gasteiger partial charge in [-0.05, 0) is 85.6 Å². The van der Waals surface area contributed by atoms with E-state index in [4.69, 9.17) is 27.4 Å². The quantitative estimate of drug-likeness (QED) is 0.0443. The summed E-state index contributed by atoms with van der Waals surface area (Å²) in [6.07, 6.45) is 0.689. The molecule has 472 valence electrons. The van der Waals surface area contributed by atoms with Gasteiger partial charge in [-0.1, -0.05) is 60.7 Å². The molecule has 8 aromatic rings. The van der Waals surface area contributed by atoms with Crippen molar-refractivity contribution < 1.29 is 80.2 Å². The van der Waals surface area contributed by atoms with Gasteiger partial charge in [0.25, 0.3) is 20.2 Å². The number of hydrogen-bond acceptors (Lipinski definition) is 18. The molecule has 2 fully saturated rings. The summed E-state index contributed by atoms with van der Waals surface area (Å²) in [6.45, 7) is 7.33. The van der Waals surface area contributed by atoms with Crippen molar-refractivity contribution in [1.29, 1.82) is 0 Å². The number of nitrogens with zero attached hydrogens (tertiary/aromatic N) is 6. The topological polar surface area (TPSA) is 294 Å². The van der Waals surface area contributed by atoms with E-state index in [0.29, 0.717) is 72.1 Å². The van der Waals surface area contributed by atoms with Gasteiger partial charge in [-0.2, -0.15) is 43.2 Å². The third kappa shape index (κ3) is 18.5. The molecule has 6 heterocycles. The molecule has 22 nitrogen and oxygen atoms in total. The Morgan fingerprint density at radius 3 is 1.27 bits per heavy atom. The molecule has 10 rings (SSSR count). The molecule has 0 radical (unpaired) electrons. The SMILES string of the molecule is COc1cncc(-c2cnc(C(C)(C)N3CCN[C@H](C(=O)NCC(F)(F)F)C3)o2)c1.COc1cncc(-c2cnc(C(C)(C)N3CCN[C@H](C(=O)NCC(F)(F)F)C3)o2)c1.O=S(=O)(O)c1ccc2ccccc2c1.O=S(=O)(O)c1ccc2ccccc2c1. The van der Waals surface area contributed by atoms with Crippen LogP contribution in [0.5, 0.6) is 11.5 Å². The van der Waals surface area contributed by atoms with Crippen LogP contribution in [-0.4, -0.2) is 159 Å². The summed E-state index contributed by atoms with van der Waals surface area (Å²) in [5, 5.41) is 13.3. The third-order valence-corrected chi connectivity index (χ3v) is 15.8. The van der Waals surface area contributed by atoms with Crippen molar-refractivity contribution in [2.75, 3.05) is 66.6 Å². The van der Waals surface area contributed by atoms with Crippen LogP contribution < -0.4 is 30.7 Å². The summed E-state index contributed by atoms with van der Waals surface area (Å²) >= 11 is 0. The fraction of sp³-hybridized carbons (Fsp3) is 0.345. The number of pyridine rings is 2. The second kappa shape index (κ2) is 28.4. The highest BCUT2D eigenvalue weighted by Crippen LogP contribution is 2.34. The zero-order valence-electron chi connectivity index (χ0n) is 48.3. The molecule has 0 aliphatic carbocycles. The predicted molar refractivity (Wildman–Crippen MR) is 311 cm³/mol. The van der Waals surface area contributed by atoms with E-state index in [1.54, 1.807) is 87.8 Å². The number of nitrogens with one attached hydrogen (secondary N) is 4. The lowest BCUT2D eigenvalue weighted by atomic mass is 10.00. The molecular weight excluding hydrogens is 1210 g/mol. The number of aromatic nitrogens is 4. The zero-order valence-corrected chi connectivity index (χ0v) is 49.9. The molecule has 0 unspecified atom stereocenters. The maximum Gasteiger partial charge on any atom is 0.405 e. The summed E-state index contributed by atoms with van der Waals surface area (Å²) in [5.74, 6) is 1.66. The average Bonchev–Trinajstić information content (AvgIpc) is 3.93. The molecule has 2 aliphatic rings. The molecule has 0 spiro atoms. The Morgan fingerprint density at radius 1 is 0.568 bits per heavy atom. The van der Waals surface area contributed by atoms with Crippen LogP contribution in [0.15, 0.2) is 153 Å². The number of hydrogen-bond donors (Lipinski definition) is 6. The van der Waals surface area contributed by atoms with Crippen LogP contribution >= 0.6 is 0 Å². The Morgan fingerprint density at radius 2 is 0.932 bits per heavy atom. The highest BCUT2D eigenvalue weighted by Gasteiger charge is 2.41. The van der Waals surface area contributed by atoms with Gasteiger partial charge in [0.1, 0.15) is 24.6 Å². The van der Waals surface area contributed by atoms with Crippen molar-refractivity contribution in [2.45, 2.75) is 73.0 Å². The monoisotopic (exact) mass is 1270 g/mol. The summed E-state index contributed by atoms with van der Waals surface area (Å²) < 4.78 is 158. The Bertz CT molecular complexity index is 3670. The number of ether oxygens (including phenoxy) is 2. The fourth-order valence-corrected chi connectivity index (χ4v) is 10.2. The van der Waals surface area contributed by atoms with Crippen molar-refractivity contribution in [3.05, 3.63) is 146 Å². The first kappa shape index (κ1) is 67.4. The molecule has 0 bridgehead atoms. The van der Waals surface area contributed by atoms with Crippen molar-refractivity contribution in [3.63, 3.8) is 0 Å². The van der Waals surface area contributed by atoms with Gasteiger partial charge in [-0.3, -0.25) is 38.5 Å². The van der Waals surface area contributed by atoms with Gasteiger partial charge >= 0.3 is 12.4 Å². The lowest BCUT2D eigenvalue weighted by molar-refractivity contribution is -0.140. The Balaban J connectivity index is 0.000000177. The van der Waals surface area contributed by atoms with Crippen LogP contribution in [0, 0.1) is 0 Å². The van der Waals surface area contributed by atoms with Gasteiger partial charge in [-0.25, -0.2) is 9.97 Å². The number of piperazine rings is 2. The van der Waals surface area contributed by atoms with E-state index in [0.717, 1.165) is 21.5 Å². The highest BCUT2D eigenvalue weighted by molar-refractivity contribution is 7.86. The Labute approximate surface area is 502 Å². The van der Waals surface area contributed by atoms with Crippen molar-refractivity contribution in [2.24, 2.45) is 0 Å². The lowest BCUT2D eigenvalue weighted by Crippen LogP contribution is -2.61. The van der Waals surface area contributed by atoms with Crippen molar-refractivity contribution in [3.8, 4) is 34.1 Å². The molecule has 88 heavy (non-hydrogen) atoms. The minimum atomic E-state index is -4.45. The zero-order chi connectivity index (χ0) is 64.2. The number of methoxy groups -OCH3 is 2. The van der Waals surface area contributed by atoms with Gasteiger partial charge in [-0.15, -0.1) is 0 Å². The number of halogens is 6. The number of benzene rings is 4. The second-order valence-corrected chi connectivity index (χ2v) is 23.8. The molecule has 0 saturated carbocycles. The number of oxazole rings is 2. The molecule has 6 N–H and O–H groups in total. The molecular formula is C58H64F6N10O12S2. The van der Waals surface area contributed by atoms with Gasteiger partial charge in [0.15, 0.2) is 11.5 Å². The van der Waals surface area contributed by atoms with Crippen molar-refractivity contribution in [1.82, 2.24) is 51.0 Å². The van der Waals surface area contributed by atoms with Crippen molar-refractivity contribution >= 4 is 53.6 Å². The van der Waals surface area contributed by atoms with Gasteiger partial charge < -0.3 is 39.6 Å². The lowest BCUT2D eigenvalue weighted by Gasteiger charge is -2.41. The fourth-order valence-electron chi connectivity index (χ4n) is 9.13. The minimum absolute atomic E-state index is 0.0730. The third-order valence-electron chi connectivity index (χ3n) is 14.1. The molecule has 4 aromatic heterocycles. The summed E-state index contributed by atoms with van der Waals surface area (Å²) in [6, 6.07) is 25.7. The highest BCUT2D eigenvalue weighted by atomic mass is 32.2. The molecule has 2 atom stereocenters. The molecule has 4 aromatic carbocycles. The van der Waals surface area contributed by atoms with Crippen LogP contribution in [-0.2, 0) is 40.9 Å². The van der Waals surface area contributed by atoms with E-state index >= 15 is 0 Å². The molecule has 2 saturated heterocycles. The van der Waals surface area contributed by atoms with E-state index < -0.39 is 80.7 Å². The molecule has 2 aliphatic heterocycles. The number of carbonyl (C=O) groups excluding carboxylic acids is 2. The maximum atomic E-state index is 12.4. The Kier molecular flexibility index (Phi) is 21.7. The average molecular weight is 1270 g/mol. The van der Waals surface area contributed by atoms with E-state index in [-0.39, 0.29) is 22.9 Å². The van der Waals surface area contributed by atoms with Crippen LogP contribution in [0.2, 0.25) is 0 Å². The van der Waals surface area contributed by atoms with Gasteiger partial charge in [0, 0.05) is 62.8 Å². The standard InChI is InChI=1S/2C19H24F3N5O3.2C10H8O3S/c2*1-18(2,17-25-9-15(30-17)12-6-13(29-3)8-23-7-12)27-5-4-24-14(10-27)16(28)26-11-19(20,21)22;2*11-14(12,13)10-6-5-8-3-1-2-4-9(8)7-10/h2*6-9,14,24H,4-5,10-11H2,1-3H3,(H,26,28);2*1-7H,(H,11,12,13)/t2*14-;;/m00../s1. The smallest absolute Gasteiger partial charge is 0.405 e. The van der Waals surface area contributed by atoms with Crippen LogP contribution in [0.3, 0.4) is 0 Å². The van der Waals surface area contributed by atoms with Crippen LogP contribution in [0.1, 0.15) is 39.5 Å². The van der Waals surface area contributed by atoms with E-state index in [9.17, 15) is 52.8 Å².